The van der Waals surface area contributed by atoms with Gasteiger partial charge in [0, 0.05) is 22.8 Å². The molecule has 0 saturated heterocycles. The first kappa shape index (κ1) is 13.1. The summed E-state index contributed by atoms with van der Waals surface area (Å²) < 4.78 is 5.40. The molecule has 7 heteroatoms. The first-order valence-corrected chi connectivity index (χ1v) is 5.71. The smallest absolute Gasteiger partial charge is 0.312 e. The number of hydrogen-bond acceptors (Lipinski definition) is 5. The van der Waals surface area contributed by atoms with Crippen LogP contribution in [0.1, 0.15) is 5.56 Å². The molecule has 2 N–H and O–H groups in total. The van der Waals surface area contributed by atoms with Gasteiger partial charge in [0.25, 0.3) is 0 Å². The van der Waals surface area contributed by atoms with E-state index in [2.05, 4.69) is 4.98 Å². The molecule has 1 aromatic carbocycles. The number of nitro benzene ring substituents is 1. The molecule has 0 amide bonds. The molecular formula is C12H10ClN3O3. The Labute approximate surface area is 113 Å². The Morgan fingerprint density at radius 3 is 2.79 bits per heavy atom. The lowest BCUT2D eigenvalue weighted by molar-refractivity contribution is -0.385. The molecule has 0 saturated carbocycles. The van der Waals surface area contributed by atoms with Gasteiger partial charge in [-0.2, -0.15) is 0 Å². The number of rotatable bonds is 4. The van der Waals surface area contributed by atoms with Crippen LogP contribution in [-0.2, 0) is 6.61 Å². The third-order valence-corrected chi connectivity index (χ3v) is 2.59. The molecule has 0 atom stereocenters. The fourth-order valence-corrected chi connectivity index (χ4v) is 1.60. The maximum absolute atomic E-state index is 10.9. The monoisotopic (exact) mass is 279 g/mol. The summed E-state index contributed by atoms with van der Waals surface area (Å²) in [6, 6.07) is 7.62. The summed E-state index contributed by atoms with van der Waals surface area (Å²) in [6.07, 6.45) is 1.55. The molecule has 0 spiro atoms. The van der Waals surface area contributed by atoms with Crippen molar-refractivity contribution in [3.05, 3.63) is 57.2 Å². The molecule has 0 aliphatic rings. The highest BCUT2D eigenvalue weighted by atomic mass is 35.5. The van der Waals surface area contributed by atoms with Crippen molar-refractivity contribution in [1.82, 2.24) is 4.98 Å². The number of halogens is 1. The molecule has 2 rings (SSSR count). The predicted octanol–water partition coefficient (Wildman–Crippen LogP) is 2.80. The lowest BCUT2D eigenvalue weighted by Crippen LogP contribution is -2.00. The summed E-state index contributed by atoms with van der Waals surface area (Å²) in [7, 11) is 0. The Balaban J connectivity index is 2.15. The lowest BCUT2D eigenvalue weighted by atomic mass is 10.3. The molecule has 1 heterocycles. The van der Waals surface area contributed by atoms with Gasteiger partial charge >= 0.3 is 5.69 Å². The summed E-state index contributed by atoms with van der Waals surface area (Å²) in [5.74, 6) is 0.562. The van der Waals surface area contributed by atoms with Gasteiger partial charge in [-0.3, -0.25) is 10.1 Å². The second-order valence-electron chi connectivity index (χ2n) is 3.75. The van der Waals surface area contributed by atoms with Gasteiger partial charge in [-0.1, -0.05) is 17.7 Å². The van der Waals surface area contributed by atoms with E-state index in [1.54, 1.807) is 18.3 Å². The minimum Gasteiger partial charge on any atom is -0.482 e. The Kier molecular flexibility index (Phi) is 3.82. The average molecular weight is 280 g/mol. The second-order valence-corrected chi connectivity index (χ2v) is 4.19. The first-order valence-electron chi connectivity index (χ1n) is 5.33. The zero-order valence-corrected chi connectivity index (χ0v) is 10.5. The molecular weight excluding hydrogens is 270 g/mol. The van der Waals surface area contributed by atoms with E-state index < -0.39 is 4.92 Å². The van der Waals surface area contributed by atoms with Crippen LogP contribution in [0.5, 0.6) is 5.75 Å². The predicted molar refractivity (Wildman–Crippen MR) is 71.1 cm³/mol. The zero-order valence-electron chi connectivity index (χ0n) is 9.75. The molecule has 0 aliphatic heterocycles. The number of ether oxygens (including phenoxy) is 1. The van der Waals surface area contributed by atoms with Crippen LogP contribution in [0.25, 0.3) is 0 Å². The van der Waals surface area contributed by atoms with Crippen molar-refractivity contribution >= 4 is 23.1 Å². The van der Waals surface area contributed by atoms with Crippen LogP contribution in [0.15, 0.2) is 36.5 Å². The zero-order chi connectivity index (χ0) is 13.8. The van der Waals surface area contributed by atoms with Crippen LogP contribution in [0, 0.1) is 10.1 Å². The second kappa shape index (κ2) is 5.53. The molecule has 0 aliphatic carbocycles. The highest BCUT2D eigenvalue weighted by Gasteiger charge is 2.15. The Morgan fingerprint density at radius 2 is 2.16 bits per heavy atom. The third kappa shape index (κ3) is 3.32. The number of nitro groups is 1. The van der Waals surface area contributed by atoms with E-state index in [-0.39, 0.29) is 23.1 Å². The van der Waals surface area contributed by atoms with Gasteiger partial charge in [-0.05, 0) is 18.2 Å². The summed E-state index contributed by atoms with van der Waals surface area (Å²) >= 11 is 5.71. The molecule has 0 radical (unpaired) electrons. The minimum absolute atomic E-state index is 0.159. The first-order chi connectivity index (χ1) is 9.06. The molecule has 19 heavy (non-hydrogen) atoms. The summed E-state index contributed by atoms with van der Waals surface area (Å²) in [5, 5.41) is 11.2. The Bertz CT molecular complexity index is 602. The van der Waals surface area contributed by atoms with Gasteiger partial charge in [0.1, 0.15) is 12.4 Å². The van der Waals surface area contributed by atoms with Crippen LogP contribution in [-0.4, -0.2) is 9.91 Å². The molecule has 0 bridgehead atoms. The average Bonchev–Trinajstić information content (AvgIpc) is 2.39. The summed E-state index contributed by atoms with van der Waals surface area (Å²) in [4.78, 5) is 14.2. The van der Waals surface area contributed by atoms with Crippen LogP contribution in [0.4, 0.5) is 11.5 Å². The normalized spacial score (nSPS) is 10.2. The van der Waals surface area contributed by atoms with Crippen molar-refractivity contribution in [2.45, 2.75) is 6.61 Å². The molecule has 1 aromatic heterocycles. The van der Waals surface area contributed by atoms with Gasteiger partial charge in [0.15, 0.2) is 5.75 Å². The number of nitrogens with two attached hydrogens (primary N) is 1. The standard InChI is InChI=1S/C12H10ClN3O3/c13-9-2-3-11(10(5-9)16(17)18)19-7-8-1-4-12(14)15-6-8/h1-6H,7H2,(H2,14,15). The van der Waals surface area contributed by atoms with Gasteiger partial charge in [-0.25, -0.2) is 4.98 Å². The van der Waals surface area contributed by atoms with E-state index in [0.717, 1.165) is 5.56 Å². The van der Waals surface area contributed by atoms with E-state index >= 15 is 0 Å². The van der Waals surface area contributed by atoms with Crippen molar-refractivity contribution in [2.24, 2.45) is 0 Å². The van der Waals surface area contributed by atoms with Gasteiger partial charge in [0.2, 0.25) is 0 Å². The van der Waals surface area contributed by atoms with Crippen molar-refractivity contribution in [3.8, 4) is 5.75 Å². The highest BCUT2D eigenvalue weighted by Crippen LogP contribution is 2.30. The van der Waals surface area contributed by atoms with Crippen molar-refractivity contribution in [2.75, 3.05) is 5.73 Å². The van der Waals surface area contributed by atoms with Crippen LogP contribution in [0.3, 0.4) is 0 Å². The molecule has 6 nitrogen and oxygen atoms in total. The minimum atomic E-state index is -0.539. The molecule has 98 valence electrons. The fourth-order valence-electron chi connectivity index (χ4n) is 1.44. The van der Waals surface area contributed by atoms with E-state index in [1.807, 2.05) is 0 Å². The van der Waals surface area contributed by atoms with Gasteiger partial charge < -0.3 is 10.5 Å². The van der Waals surface area contributed by atoms with Crippen LogP contribution >= 0.6 is 11.6 Å². The lowest BCUT2D eigenvalue weighted by Gasteiger charge is -2.07. The Hall–Kier alpha value is -2.34. The van der Waals surface area contributed by atoms with E-state index in [0.29, 0.717) is 5.82 Å². The van der Waals surface area contributed by atoms with Crippen LogP contribution in [0.2, 0.25) is 5.02 Å². The largest absolute Gasteiger partial charge is 0.482 e. The number of nitrogen functional groups attached to an aromatic ring is 1. The number of aromatic nitrogens is 1. The Morgan fingerprint density at radius 1 is 1.37 bits per heavy atom. The topological polar surface area (TPSA) is 91.3 Å². The summed E-state index contributed by atoms with van der Waals surface area (Å²) in [6.45, 7) is 0.162. The number of hydrogen-bond donors (Lipinski definition) is 1. The molecule has 0 fully saturated rings. The summed E-state index contributed by atoms with van der Waals surface area (Å²) in [5.41, 5.74) is 6.05. The number of pyridine rings is 1. The maximum atomic E-state index is 10.9. The SMILES string of the molecule is Nc1ccc(COc2ccc(Cl)cc2[N+](=O)[O-])cn1. The van der Waals surface area contributed by atoms with E-state index in [1.165, 1.54) is 18.2 Å². The number of nitrogens with zero attached hydrogens (tertiary/aromatic N) is 2. The van der Waals surface area contributed by atoms with Crippen molar-refractivity contribution in [1.29, 1.82) is 0 Å². The van der Waals surface area contributed by atoms with Crippen molar-refractivity contribution < 1.29 is 9.66 Å². The maximum Gasteiger partial charge on any atom is 0.312 e. The quantitative estimate of drug-likeness (QED) is 0.686. The van der Waals surface area contributed by atoms with Crippen molar-refractivity contribution in [3.63, 3.8) is 0 Å². The van der Waals surface area contributed by atoms with Crippen LogP contribution < -0.4 is 10.5 Å². The van der Waals surface area contributed by atoms with E-state index in [9.17, 15) is 10.1 Å². The fraction of sp³-hybridized carbons (Fsp3) is 0.0833. The number of benzene rings is 1. The molecule has 0 unspecified atom stereocenters. The highest BCUT2D eigenvalue weighted by molar-refractivity contribution is 6.30. The van der Waals surface area contributed by atoms with E-state index in [4.69, 9.17) is 22.1 Å². The number of anilines is 1. The van der Waals surface area contributed by atoms with Gasteiger partial charge in [0.05, 0.1) is 4.92 Å². The van der Waals surface area contributed by atoms with Gasteiger partial charge in [-0.15, -0.1) is 0 Å². The molecule has 2 aromatic rings. The third-order valence-electron chi connectivity index (χ3n) is 2.36.